The Morgan fingerprint density at radius 2 is 1.88 bits per heavy atom. The summed E-state index contributed by atoms with van der Waals surface area (Å²) in [5.41, 5.74) is 2.12. The highest BCUT2D eigenvalue weighted by atomic mass is 16.3. The van der Waals surface area contributed by atoms with Crippen LogP contribution in [0.3, 0.4) is 0 Å². The molecule has 128 valence electrons. The van der Waals surface area contributed by atoms with Gasteiger partial charge in [-0.2, -0.15) is 0 Å². The first kappa shape index (κ1) is 16.1. The lowest BCUT2D eigenvalue weighted by molar-refractivity contribution is 0.127. The van der Waals surface area contributed by atoms with Gasteiger partial charge in [-0.05, 0) is 10.8 Å². The topological polar surface area (TPSA) is 61.3 Å². The van der Waals surface area contributed by atoms with Crippen molar-refractivity contribution in [1.29, 1.82) is 0 Å². The van der Waals surface area contributed by atoms with Crippen molar-refractivity contribution in [1.82, 2.24) is 20.2 Å². The maximum atomic E-state index is 9.90. The summed E-state index contributed by atoms with van der Waals surface area (Å²) in [5, 5.41) is 15.5. The largest absolute Gasteiger partial charge is 0.390 e. The van der Waals surface area contributed by atoms with E-state index in [4.69, 9.17) is 0 Å². The molecule has 0 amide bonds. The summed E-state index contributed by atoms with van der Waals surface area (Å²) >= 11 is 0. The van der Waals surface area contributed by atoms with Gasteiger partial charge in [-0.1, -0.05) is 42.5 Å². The fourth-order valence-electron chi connectivity index (χ4n) is 3.36. The second-order valence-electron chi connectivity index (χ2n) is 6.53. The predicted octanol–water partition coefficient (Wildman–Crippen LogP) is 2.06. The summed E-state index contributed by atoms with van der Waals surface area (Å²) < 4.78 is 0. The smallest absolute Gasteiger partial charge is 0.159 e. The average Bonchev–Trinajstić information content (AvgIpc) is 2.86. The molecule has 25 heavy (non-hydrogen) atoms. The van der Waals surface area contributed by atoms with E-state index in [1.54, 1.807) is 0 Å². The fraction of sp³-hybridized carbons (Fsp3) is 0.300. The van der Waals surface area contributed by atoms with Crippen LogP contribution >= 0.6 is 0 Å². The highest BCUT2D eigenvalue weighted by molar-refractivity contribution is 5.94. The molecule has 1 fully saturated rings. The molecule has 0 radical (unpaired) electrons. The highest BCUT2D eigenvalue weighted by Gasteiger charge is 2.16. The van der Waals surface area contributed by atoms with Gasteiger partial charge in [0.2, 0.25) is 0 Å². The van der Waals surface area contributed by atoms with Crippen LogP contribution in [0.5, 0.6) is 0 Å². The molecule has 1 saturated heterocycles. The molecule has 1 aromatic heterocycles. The van der Waals surface area contributed by atoms with Crippen LogP contribution in [-0.4, -0.2) is 52.3 Å². The van der Waals surface area contributed by atoms with Crippen molar-refractivity contribution >= 4 is 10.8 Å². The van der Waals surface area contributed by atoms with Gasteiger partial charge >= 0.3 is 0 Å². The summed E-state index contributed by atoms with van der Waals surface area (Å²) in [4.78, 5) is 11.4. The van der Waals surface area contributed by atoms with E-state index in [-0.39, 0.29) is 6.10 Å². The minimum Gasteiger partial charge on any atom is -0.390 e. The molecular weight excluding hydrogens is 312 g/mol. The third-order valence-electron chi connectivity index (χ3n) is 4.60. The zero-order chi connectivity index (χ0) is 17.1. The third-order valence-corrected chi connectivity index (χ3v) is 4.60. The molecule has 4 rings (SSSR count). The third kappa shape index (κ3) is 3.69. The molecule has 0 saturated carbocycles. The van der Waals surface area contributed by atoms with Crippen molar-refractivity contribution in [2.75, 3.05) is 26.2 Å². The first-order chi connectivity index (χ1) is 12.3. The van der Waals surface area contributed by atoms with Gasteiger partial charge in [0.15, 0.2) is 5.82 Å². The highest BCUT2D eigenvalue weighted by Crippen LogP contribution is 2.25. The van der Waals surface area contributed by atoms with Gasteiger partial charge in [0.25, 0.3) is 0 Å². The molecule has 5 heteroatoms. The molecule has 3 aromatic rings. The van der Waals surface area contributed by atoms with Gasteiger partial charge in [-0.25, -0.2) is 9.97 Å². The molecule has 2 N–H and O–H groups in total. The first-order valence-electron chi connectivity index (χ1n) is 8.70. The van der Waals surface area contributed by atoms with Gasteiger partial charge in [0, 0.05) is 56.2 Å². The van der Waals surface area contributed by atoms with E-state index in [2.05, 4.69) is 44.5 Å². The Kier molecular flexibility index (Phi) is 4.70. The molecule has 1 atom stereocenters. The zero-order valence-electron chi connectivity index (χ0n) is 14.1. The van der Waals surface area contributed by atoms with Crippen LogP contribution in [0.15, 0.2) is 54.9 Å². The normalized spacial score (nSPS) is 19.0. The van der Waals surface area contributed by atoms with Crippen molar-refractivity contribution < 1.29 is 5.11 Å². The lowest BCUT2D eigenvalue weighted by Gasteiger charge is -2.21. The molecule has 0 unspecified atom stereocenters. The number of nitrogens with zero attached hydrogens (tertiary/aromatic N) is 3. The van der Waals surface area contributed by atoms with Crippen LogP contribution in [0.4, 0.5) is 0 Å². The van der Waals surface area contributed by atoms with E-state index in [1.807, 2.05) is 30.6 Å². The summed E-state index contributed by atoms with van der Waals surface area (Å²) in [6.07, 6.45) is 3.47. The second-order valence-corrected chi connectivity index (χ2v) is 6.53. The zero-order valence-corrected chi connectivity index (χ0v) is 14.1. The van der Waals surface area contributed by atoms with Crippen molar-refractivity contribution in [2.45, 2.75) is 12.6 Å². The molecule has 1 aliphatic rings. The Hall–Kier alpha value is -2.34. The van der Waals surface area contributed by atoms with Gasteiger partial charge in [-0.15, -0.1) is 0 Å². The van der Waals surface area contributed by atoms with Gasteiger partial charge in [0.05, 0.1) is 6.10 Å². The van der Waals surface area contributed by atoms with Crippen LogP contribution in [-0.2, 0) is 6.54 Å². The number of aliphatic hydroxyl groups excluding tert-OH is 1. The van der Waals surface area contributed by atoms with Crippen molar-refractivity contribution in [3.8, 4) is 11.4 Å². The van der Waals surface area contributed by atoms with Gasteiger partial charge < -0.3 is 10.4 Å². The standard InChI is InChI=1S/C20H22N4O/c25-17-12-21-8-9-24(14-17)13-15-10-22-20(23-11-15)19-7-3-5-16-4-1-2-6-18(16)19/h1-7,10-11,17,21,25H,8-9,12-14H2/t17-/m0/s1. The lowest BCUT2D eigenvalue weighted by Crippen LogP contribution is -2.32. The average molecular weight is 334 g/mol. The Bertz CT molecular complexity index is 844. The number of fused-ring (bicyclic) bond motifs is 1. The number of hydrogen-bond acceptors (Lipinski definition) is 5. The quantitative estimate of drug-likeness (QED) is 0.768. The second kappa shape index (κ2) is 7.27. The number of hydrogen-bond donors (Lipinski definition) is 2. The van der Waals surface area contributed by atoms with E-state index in [0.29, 0.717) is 13.1 Å². The number of aromatic nitrogens is 2. The maximum absolute atomic E-state index is 9.90. The minimum atomic E-state index is -0.321. The molecule has 0 bridgehead atoms. The molecule has 2 aromatic carbocycles. The van der Waals surface area contributed by atoms with E-state index >= 15 is 0 Å². The van der Waals surface area contributed by atoms with E-state index < -0.39 is 0 Å². The van der Waals surface area contributed by atoms with Crippen LogP contribution in [0, 0.1) is 0 Å². The molecule has 0 aliphatic carbocycles. The van der Waals surface area contributed by atoms with Gasteiger partial charge in [-0.3, -0.25) is 4.90 Å². The van der Waals surface area contributed by atoms with Crippen molar-refractivity contribution in [3.63, 3.8) is 0 Å². The summed E-state index contributed by atoms with van der Waals surface area (Å²) in [6.45, 7) is 3.91. The predicted molar refractivity (Wildman–Crippen MR) is 99.1 cm³/mol. The lowest BCUT2D eigenvalue weighted by atomic mass is 10.0. The molecule has 5 nitrogen and oxygen atoms in total. The van der Waals surface area contributed by atoms with Crippen molar-refractivity contribution in [3.05, 3.63) is 60.4 Å². The fourth-order valence-corrected chi connectivity index (χ4v) is 3.36. The summed E-state index contributed by atoms with van der Waals surface area (Å²) in [6, 6.07) is 14.5. The monoisotopic (exact) mass is 334 g/mol. The Morgan fingerprint density at radius 3 is 2.76 bits per heavy atom. The Morgan fingerprint density at radius 1 is 1.08 bits per heavy atom. The van der Waals surface area contributed by atoms with E-state index in [1.165, 1.54) is 10.8 Å². The van der Waals surface area contributed by atoms with E-state index in [0.717, 1.165) is 36.6 Å². The molecular formula is C20H22N4O. The van der Waals surface area contributed by atoms with Crippen LogP contribution < -0.4 is 5.32 Å². The number of nitrogens with one attached hydrogen (secondary N) is 1. The minimum absolute atomic E-state index is 0.321. The van der Waals surface area contributed by atoms with Crippen LogP contribution in [0.25, 0.3) is 22.2 Å². The maximum Gasteiger partial charge on any atom is 0.159 e. The Labute approximate surface area is 147 Å². The van der Waals surface area contributed by atoms with Crippen molar-refractivity contribution in [2.24, 2.45) is 0 Å². The van der Waals surface area contributed by atoms with Crippen LogP contribution in [0.2, 0.25) is 0 Å². The number of β-amino-alcohol motifs (C(OH)–C–C–N with tert-alkyl or cyclic N) is 1. The van der Waals surface area contributed by atoms with Crippen LogP contribution in [0.1, 0.15) is 5.56 Å². The van der Waals surface area contributed by atoms with Gasteiger partial charge in [0.1, 0.15) is 0 Å². The molecule has 1 aliphatic heterocycles. The molecule has 0 spiro atoms. The Balaban J connectivity index is 1.55. The number of rotatable bonds is 3. The SMILES string of the molecule is O[C@H]1CNCCN(Cc2cnc(-c3cccc4ccccc34)nc2)C1. The first-order valence-corrected chi connectivity index (χ1v) is 8.70. The molecule has 2 heterocycles. The number of aliphatic hydroxyl groups is 1. The van der Waals surface area contributed by atoms with E-state index in [9.17, 15) is 5.11 Å². The number of benzene rings is 2. The summed E-state index contributed by atoms with van der Waals surface area (Å²) in [7, 11) is 0. The summed E-state index contributed by atoms with van der Waals surface area (Å²) in [5.74, 6) is 0.748.